The largest absolute Gasteiger partial charge is 0.451 e. The summed E-state index contributed by atoms with van der Waals surface area (Å²) in [5.41, 5.74) is 3.50. The van der Waals surface area contributed by atoms with Crippen molar-refractivity contribution in [2.24, 2.45) is 0 Å². The van der Waals surface area contributed by atoms with E-state index in [-0.39, 0.29) is 5.91 Å². The van der Waals surface area contributed by atoms with E-state index in [1.807, 2.05) is 61.7 Å². The normalized spacial score (nSPS) is 11.1. The Morgan fingerprint density at radius 1 is 1.22 bits per heavy atom. The molecule has 0 aliphatic carbocycles. The molecule has 2 aromatic heterocycles. The third kappa shape index (κ3) is 3.40. The highest BCUT2D eigenvalue weighted by atomic mass is 79.9. The summed E-state index contributed by atoms with van der Waals surface area (Å²) in [4.78, 5) is 14.5. The van der Waals surface area contributed by atoms with Gasteiger partial charge in [-0.15, -0.1) is 0 Å². The Hall–Kier alpha value is -2.86. The first-order chi connectivity index (χ1) is 13.0. The van der Waals surface area contributed by atoms with Crippen molar-refractivity contribution in [2.75, 3.05) is 7.05 Å². The molecule has 0 fully saturated rings. The van der Waals surface area contributed by atoms with Gasteiger partial charge in [0.15, 0.2) is 5.76 Å². The minimum Gasteiger partial charge on any atom is -0.451 e. The molecular formula is C21H18BrN3O2. The molecule has 27 heavy (non-hydrogen) atoms. The average molecular weight is 424 g/mol. The van der Waals surface area contributed by atoms with Gasteiger partial charge in [0.25, 0.3) is 5.91 Å². The number of hydrogen-bond acceptors (Lipinski definition) is 3. The van der Waals surface area contributed by atoms with Crippen LogP contribution in [0.5, 0.6) is 0 Å². The lowest BCUT2D eigenvalue weighted by molar-refractivity contribution is 0.0755. The van der Waals surface area contributed by atoms with E-state index in [2.05, 4.69) is 21.0 Å². The molecule has 0 saturated carbocycles. The first kappa shape index (κ1) is 17.5. The number of amides is 1. The summed E-state index contributed by atoms with van der Waals surface area (Å²) in [5, 5.41) is 5.33. The lowest BCUT2D eigenvalue weighted by atomic mass is 10.1. The lowest BCUT2D eigenvalue weighted by Crippen LogP contribution is -2.26. The number of rotatable bonds is 4. The van der Waals surface area contributed by atoms with Gasteiger partial charge in [-0.05, 0) is 37.3 Å². The van der Waals surface area contributed by atoms with Crippen LogP contribution in [0, 0.1) is 6.92 Å². The highest BCUT2D eigenvalue weighted by Gasteiger charge is 2.21. The van der Waals surface area contributed by atoms with Crippen LogP contribution in [-0.2, 0) is 6.54 Å². The number of furan rings is 1. The van der Waals surface area contributed by atoms with E-state index in [1.54, 1.807) is 22.8 Å². The molecule has 2 aromatic carbocycles. The summed E-state index contributed by atoms with van der Waals surface area (Å²) in [6.07, 6.45) is 3.71. The second-order valence-electron chi connectivity index (χ2n) is 6.49. The molecule has 0 saturated heterocycles. The molecule has 4 aromatic rings. The molecule has 2 heterocycles. The number of carbonyl (C=O) groups is 1. The molecule has 0 aliphatic heterocycles. The van der Waals surface area contributed by atoms with Gasteiger partial charge in [-0.1, -0.05) is 34.1 Å². The van der Waals surface area contributed by atoms with Gasteiger partial charge in [0.2, 0.25) is 0 Å². The summed E-state index contributed by atoms with van der Waals surface area (Å²) in [6, 6.07) is 15.6. The third-order valence-electron chi connectivity index (χ3n) is 4.52. The van der Waals surface area contributed by atoms with Crippen LogP contribution in [0.15, 0.2) is 69.8 Å². The first-order valence-corrected chi connectivity index (χ1v) is 9.35. The van der Waals surface area contributed by atoms with Crippen LogP contribution < -0.4 is 0 Å². The van der Waals surface area contributed by atoms with E-state index in [0.29, 0.717) is 17.9 Å². The number of aromatic nitrogens is 2. The van der Waals surface area contributed by atoms with Crippen molar-refractivity contribution in [3.63, 3.8) is 0 Å². The number of hydrogen-bond donors (Lipinski definition) is 0. The van der Waals surface area contributed by atoms with E-state index in [4.69, 9.17) is 4.42 Å². The Bertz CT molecular complexity index is 1120. The zero-order valence-corrected chi connectivity index (χ0v) is 16.6. The fraction of sp³-hybridized carbons (Fsp3) is 0.143. The second-order valence-corrected chi connectivity index (χ2v) is 7.40. The molecular weight excluding hydrogens is 406 g/mol. The van der Waals surface area contributed by atoms with Crippen molar-refractivity contribution in [3.05, 3.63) is 82.3 Å². The molecule has 0 atom stereocenters. The zero-order chi connectivity index (χ0) is 19.0. The van der Waals surface area contributed by atoms with E-state index >= 15 is 0 Å². The van der Waals surface area contributed by atoms with Gasteiger partial charge in [-0.3, -0.25) is 4.79 Å². The standard InChI is InChI=1S/C21H18BrN3O2/c1-14-18-10-16(22)8-9-19(18)27-20(14)21(26)24(2)12-15-11-23-25(13-15)17-6-4-3-5-7-17/h3-11,13H,12H2,1-2H3. The molecule has 136 valence electrons. The lowest BCUT2D eigenvalue weighted by Gasteiger charge is -2.15. The van der Waals surface area contributed by atoms with Crippen molar-refractivity contribution in [2.45, 2.75) is 13.5 Å². The summed E-state index contributed by atoms with van der Waals surface area (Å²) in [5.74, 6) is 0.230. The zero-order valence-electron chi connectivity index (χ0n) is 15.0. The van der Waals surface area contributed by atoms with Crippen molar-refractivity contribution in [1.29, 1.82) is 0 Å². The van der Waals surface area contributed by atoms with Crippen LogP contribution in [-0.4, -0.2) is 27.6 Å². The topological polar surface area (TPSA) is 51.3 Å². The predicted molar refractivity (Wildman–Crippen MR) is 108 cm³/mol. The van der Waals surface area contributed by atoms with E-state index in [1.165, 1.54) is 0 Å². The van der Waals surface area contributed by atoms with E-state index in [9.17, 15) is 4.79 Å². The molecule has 5 nitrogen and oxygen atoms in total. The van der Waals surface area contributed by atoms with Crippen LogP contribution in [0.2, 0.25) is 0 Å². The number of aryl methyl sites for hydroxylation is 1. The average Bonchev–Trinajstić information content (AvgIpc) is 3.27. The monoisotopic (exact) mass is 423 g/mol. The maximum Gasteiger partial charge on any atom is 0.289 e. The SMILES string of the molecule is Cc1c(C(=O)N(C)Cc2cnn(-c3ccccc3)c2)oc2ccc(Br)cc12. The highest BCUT2D eigenvalue weighted by molar-refractivity contribution is 9.10. The molecule has 0 radical (unpaired) electrons. The Kier molecular flexibility index (Phi) is 4.58. The van der Waals surface area contributed by atoms with E-state index in [0.717, 1.165) is 26.7 Å². The van der Waals surface area contributed by atoms with Crippen molar-refractivity contribution >= 4 is 32.8 Å². The second kappa shape index (κ2) is 7.04. The number of nitrogens with zero attached hydrogens (tertiary/aromatic N) is 3. The maximum absolute atomic E-state index is 12.9. The fourth-order valence-corrected chi connectivity index (χ4v) is 3.44. The van der Waals surface area contributed by atoms with Gasteiger partial charge < -0.3 is 9.32 Å². The molecule has 6 heteroatoms. The van der Waals surface area contributed by atoms with Crippen molar-refractivity contribution < 1.29 is 9.21 Å². The Morgan fingerprint density at radius 3 is 2.78 bits per heavy atom. The Morgan fingerprint density at radius 2 is 2.00 bits per heavy atom. The Labute approximate surface area is 165 Å². The summed E-state index contributed by atoms with van der Waals surface area (Å²) >= 11 is 3.46. The van der Waals surface area contributed by atoms with Crippen LogP contribution in [0.4, 0.5) is 0 Å². The van der Waals surface area contributed by atoms with Crippen LogP contribution in [0.25, 0.3) is 16.7 Å². The molecule has 0 aliphatic rings. The maximum atomic E-state index is 12.9. The van der Waals surface area contributed by atoms with Crippen molar-refractivity contribution in [3.8, 4) is 5.69 Å². The van der Waals surface area contributed by atoms with Gasteiger partial charge >= 0.3 is 0 Å². The van der Waals surface area contributed by atoms with Gasteiger partial charge in [-0.2, -0.15) is 5.10 Å². The van der Waals surface area contributed by atoms with Gasteiger partial charge in [0, 0.05) is 40.8 Å². The van der Waals surface area contributed by atoms with E-state index < -0.39 is 0 Å². The summed E-state index contributed by atoms with van der Waals surface area (Å²) in [7, 11) is 1.77. The Balaban J connectivity index is 1.55. The summed E-state index contributed by atoms with van der Waals surface area (Å²) < 4.78 is 8.58. The fourth-order valence-electron chi connectivity index (χ4n) is 3.08. The smallest absolute Gasteiger partial charge is 0.289 e. The quantitative estimate of drug-likeness (QED) is 0.465. The van der Waals surface area contributed by atoms with Crippen LogP contribution >= 0.6 is 15.9 Å². The predicted octanol–water partition coefficient (Wildman–Crippen LogP) is 4.96. The van der Waals surface area contributed by atoms with Crippen LogP contribution in [0.1, 0.15) is 21.7 Å². The molecule has 0 N–H and O–H groups in total. The molecule has 0 bridgehead atoms. The third-order valence-corrected chi connectivity index (χ3v) is 5.01. The number of para-hydroxylation sites is 1. The van der Waals surface area contributed by atoms with Crippen molar-refractivity contribution in [1.82, 2.24) is 14.7 Å². The summed E-state index contributed by atoms with van der Waals surface area (Å²) in [6.45, 7) is 2.36. The number of fused-ring (bicyclic) bond motifs is 1. The number of halogens is 1. The van der Waals surface area contributed by atoms with Gasteiger partial charge in [0.1, 0.15) is 5.58 Å². The van der Waals surface area contributed by atoms with Crippen LogP contribution in [0.3, 0.4) is 0 Å². The number of carbonyl (C=O) groups excluding carboxylic acids is 1. The number of benzene rings is 2. The van der Waals surface area contributed by atoms with Gasteiger partial charge in [-0.25, -0.2) is 4.68 Å². The minimum atomic E-state index is -0.146. The highest BCUT2D eigenvalue weighted by Crippen LogP contribution is 2.29. The molecule has 1 amide bonds. The first-order valence-electron chi connectivity index (χ1n) is 8.56. The minimum absolute atomic E-state index is 0.146. The molecule has 0 spiro atoms. The van der Waals surface area contributed by atoms with Gasteiger partial charge in [0.05, 0.1) is 11.9 Å². The molecule has 0 unspecified atom stereocenters. The molecule has 4 rings (SSSR count).